The number of anilines is 1. The molecule has 1 aliphatic carbocycles. The molecule has 5 nitrogen and oxygen atoms in total. The first kappa shape index (κ1) is 30.6. The van der Waals surface area contributed by atoms with Gasteiger partial charge in [0.2, 0.25) is 0 Å². The number of thiophene rings is 3. The van der Waals surface area contributed by atoms with Crippen LogP contribution in [0.5, 0.6) is 0 Å². The summed E-state index contributed by atoms with van der Waals surface area (Å²) in [5.41, 5.74) is 12.7. The Bertz CT molecular complexity index is 1970. The van der Waals surface area contributed by atoms with Gasteiger partial charge in [0, 0.05) is 53.7 Å². The van der Waals surface area contributed by atoms with Crippen LogP contribution < -0.4 is 5.73 Å². The van der Waals surface area contributed by atoms with Crippen molar-refractivity contribution in [2.75, 3.05) is 5.73 Å². The molecule has 1 unspecified atom stereocenters. The molecule has 0 spiro atoms. The zero-order valence-electron chi connectivity index (χ0n) is 23.3. The predicted octanol–water partition coefficient (Wildman–Crippen LogP) is 9.86. The van der Waals surface area contributed by atoms with Crippen molar-refractivity contribution >= 4 is 82.4 Å². The summed E-state index contributed by atoms with van der Waals surface area (Å²) in [5, 5.41) is 19.9. The molecule has 43 heavy (non-hydrogen) atoms. The largest absolute Gasteiger partial charge is 0.397 e. The summed E-state index contributed by atoms with van der Waals surface area (Å²) in [4.78, 5) is 6.82. The molecule has 0 saturated carbocycles. The van der Waals surface area contributed by atoms with E-state index in [0.29, 0.717) is 34.7 Å². The third kappa shape index (κ3) is 6.25. The van der Waals surface area contributed by atoms with Crippen molar-refractivity contribution in [3.05, 3.63) is 110 Å². The zero-order valence-corrected chi connectivity index (χ0v) is 27.4. The Morgan fingerprint density at radius 3 is 2.49 bits per heavy atom. The maximum absolute atomic E-state index is 9.98. The van der Waals surface area contributed by atoms with E-state index in [4.69, 9.17) is 18.2 Å². The van der Waals surface area contributed by atoms with Crippen LogP contribution in [0.4, 0.5) is 11.4 Å². The molecule has 1 aromatic carbocycles. The van der Waals surface area contributed by atoms with Crippen LogP contribution in [-0.4, -0.2) is 5.71 Å². The minimum Gasteiger partial charge on any atom is -0.397 e. The van der Waals surface area contributed by atoms with Crippen LogP contribution in [0.1, 0.15) is 32.4 Å². The fourth-order valence-corrected chi connectivity index (χ4v) is 9.07. The van der Waals surface area contributed by atoms with Gasteiger partial charge in [0.1, 0.15) is 5.69 Å². The SMILES string of the molecule is C=C1C=CC=C(/C(C#N)=C/c2cc(C)c(-c3ccc(-c4sc(CC(C#N)c5cccc(N)c5N=S)cc4C)s3)s2)C1=NS. The van der Waals surface area contributed by atoms with E-state index < -0.39 is 5.92 Å². The molecule has 0 amide bonds. The molecule has 0 aliphatic heterocycles. The molecule has 5 rings (SSSR count). The Labute approximate surface area is 274 Å². The van der Waals surface area contributed by atoms with Crippen LogP contribution in [0.2, 0.25) is 0 Å². The molecule has 1 aliphatic rings. The van der Waals surface area contributed by atoms with Gasteiger partial charge < -0.3 is 5.73 Å². The van der Waals surface area contributed by atoms with Gasteiger partial charge in [-0.3, -0.25) is 0 Å². The Kier molecular flexibility index (Phi) is 9.36. The highest BCUT2D eigenvalue weighted by molar-refractivity contribution is 7.79. The number of hydrogen-bond acceptors (Lipinski definition) is 10. The van der Waals surface area contributed by atoms with Gasteiger partial charge in [-0.1, -0.05) is 36.9 Å². The van der Waals surface area contributed by atoms with Crippen LogP contribution in [-0.2, 0) is 18.8 Å². The second-order valence-electron chi connectivity index (χ2n) is 9.89. The number of nitrogen functional groups attached to an aromatic ring is 1. The van der Waals surface area contributed by atoms with Crippen molar-refractivity contribution in [1.29, 1.82) is 10.5 Å². The second kappa shape index (κ2) is 13.2. The molecule has 3 heterocycles. The van der Waals surface area contributed by atoms with Crippen molar-refractivity contribution in [3.63, 3.8) is 0 Å². The smallest absolute Gasteiger partial charge is 0.104 e. The van der Waals surface area contributed by atoms with E-state index >= 15 is 0 Å². The van der Waals surface area contributed by atoms with E-state index in [1.54, 1.807) is 40.1 Å². The number of nitrogens with zero attached hydrogens (tertiary/aromatic N) is 4. The van der Waals surface area contributed by atoms with Crippen LogP contribution >= 0.6 is 46.8 Å². The van der Waals surface area contributed by atoms with Crippen molar-refractivity contribution in [1.82, 2.24) is 0 Å². The Morgan fingerprint density at radius 2 is 1.81 bits per heavy atom. The topological polar surface area (TPSA) is 98.3 Å². The van der Waals surface area contributed by atoms with Crippen molar-refractivity contribution in [2.24, 2.45) is 8.76 Å². The van der Waals surface area contributed by atoms with Crippen LogP contribution in [0.15, 0.2) is 92.8 Å². The summed E-state index contributed by atoms with van der Waals surface area (Å²) in [6.45, 7) is 8.21. The summed E-state index contributed by atoms with van der Waals surface area (Å²) in [6.07, 6.45) is 8.04. The van der Waals surface area contributed by atoms with E-state index in [1.165, 1.54) is 25.1 Å². The molecule has 3 aromatic heterocycles. The maximum Gasteiger partial charge on any atom is 0.104 e. The molecule has 2 N–H and O–H groups in total. The molecule has 4 aromatic rings. The highest BCUT2D eigenvalue weighted by atomic mass is 32.1. The number of hydrogen-bond donors (Lipinski definition) is 2. The number of thiol groups is 1. The lowest BCUT2D eigenvalue weighted by Crippen LogP contribution is -2.08. The first-order chi connectivity index (χ1) is 20.8. The van der Waals surface area contributed by atoms with Gasteiger partial charge in [-0.05, 0) is 85.3 Å². The van der Waals surface area contributed by atoms with Crippen LogP contribution in [0.25, 0.3) is 25.6 Å². The number of rotatable bonds is 8. The van der Waals surface area contributed by atoms with E-state index in [9.17, 15) is 10.5 Å². The summed E-state index contributed by atoms with van der Waals surface area (Å²) in [6, 6.07) is 18.8. The maximum atomic E-state index is 9.98. The van der Waals surface area contributed by atoms with Gasteiger partial charge in [-0.2, -0.15) is 14.9 Å². The molecule has 0 bridgehead atoms. The Hall–Kier alpha value is -3.90. The Balaban J connectivity index is 1.41. The quantitative estimate of drug-likeness (QED) is 0.113. The lowest BCUT2D eigenvalue weighted by molar-refractivity contribution is 0.863. The molecule has 0 saturated heterocycles. The number of nitriles is 2. The molecular weight excluding hydrogens is 627 g/mol. The average Bonchev–Trinajstić information content (AvgIpc) is 3.72. The van der Waals surface area contributed by atoms with Gasteiger partial charge in [0.05, 0.1) is 35.0 Å². The summed E-state index contributed by atoms with van der Waals surface area (Å²) in [5.74, 6) is -0.401. The number of benzene rings is 1. The molecule has 212 valence electrons. The van der Waals surface area contributed by atoms with Crippen LogP contribution in [0, 0.1) is 36.5 Å². The summed E-state index contributed by atoms with van der Waals surface area (Å²) < 4.78 is 7.98. The minimum absolute atomic E-state index is 0.401. The summed E-state index contributed by atoms with van der Waals surface area (Å²) >= 11 is 14.2. The molecule has 1 atom stereocenters. The zero-order chi connectivity index (χ0) is 30.7. The lowest BCUT2D eigenvalue weighted by Gasteiger charge is -2.12. The monoisotopic (exact) mass is 651 g/mol. The van der Waals surface area contributed by atoms with Gasteiger partial charge in [-0.15, -0.1) is 34.0 Å². The summed E-state index contributed by atoms with van der Waals surface area (Å²) in [7, 11) is 0. The number of aryl methyl sites for hydroxylation is 2. The first-order valence-corrected chi connectivity index (χ1v) is 16.3. The second-order valence-corrected chi connectivity index (χ2v) is 13.6. The third-order valence-corrected chi connectivity index (χ3v) is 11.3. The van der Waals surface area contributed by atoms with Crippen molar-refractivity contribution < 1.29 is 0 Å². The van der Waals surface area contributed by atoms with Crippen molar-refractivity contribution in [3.8, 4) is 31.6 Å². The fourth-order valence-electron chi connectivity index (χ4n) is 4.93. The molecule has 0 radical (unpaired) electrons. The van der Waals surface area contributed by atoms with E-state index in [-0.39, 0.29) is 0 Å². The highest BCUT2D eigenvalue weighted by Gasteiger charge is 2.21. The predicted molar refractivity (Wildman–Crippen MR) is 189 cm³/mol. The normalized spacial score (nSPS) is 14.8. The third-order valence-electron chi connectivity index (χ3n) is 7.00. The van der Waals surface area contributed by atoms with Gasteiger partial charge in [0.15, 0.2) is 0 Å². The lowest BCUT2D eigenvalue weighted by atomic mass is 9.93. The van der Waals surface area contributed by atoms with E-state index in [1.807, 2.05) is 36.4 Å². The number of allylic oxidation sites excluding steroid dienone is 6. The minimum atomic E-state index is -0.401. The fraction of sp³-hybridized carbons (Fsp3) is 0.121. The first-order valence-electron chi connectivity index (χ1n) is 13.1. The number of nitrogens with two attached hydrogens (primary N) is 1. The van der Waals surface area contributed by atoms with E-state index in [2.05, 4.69) is 78.4 Å². The van der Waals surface area contributed by atoms with Gasteiger partial charge in [-0.25, -0.2) is 4.40 Å². The van der Waals surface area contributed by atoms with Crippen LogP contribution in [0.3, 0.4) is 0 Å². The molecule has 0 fully saturated rings. The molecule has 10 heteroatoms. The van der Waals surface area contributed by atoms with Crippen molar-refractivity contribution in [2.45, 2.75) is 26.2 Å². The highest BCUT2D eigenvalue weighted by Crippen LogP contribution is 2.44. The van der Waals surface area contributed by atoms with Gasteiger partial charge >= 0.3 is 0 Å². The van der Waals surface area contributed by atoms with E-state index in [0.717, 1.165) is 26.5 Å². The Morgan fingerprint density at radius 1 is 1.09 bits per heavy atom. The standard InChI is InChI=1S/C33H25N5S5/c1-18-6-4-7-25(30(18)37-39)21(16-34)14-23-12-19(2)32(41-23)28-10-11-29(43-28)33-20(3)13-24(42-33)15-22(17-35)26-8-5-9-27(36)31(26)38-40/h4-14,22,39H,1,15,36H2,2-3H3/b21-14+,37-30?. The molecular formula is C33H25N5S5. The average molecular weight is 652 g/mol. The van der Waals surface area contributed by atoms with Gasteiger partial charge in [0.25, 0.3) is 0 Å².